The molecule has 0 aliphatic carbocycles. The molecule has 1 rings (SSSR count). The van der Waals surface area contributed by atoms with E-state index in [0.29, 0.717) is 6.61 Å². The van der Waals surface area contributed by atoms with Gasteiger partial charge in [0.15, 0.2) is 0 Å². The third-order valence-electron chi connectivity index (χ3n) is 1.94. The van der Waals surface area contributed by atoms with Crippen LogP contribution in [0.25, 0.3) is 0 Å². The molecular formula is C11H13FO2. The Labute approximate surface area is 82.7 Å². The predicted molar refractivity (Wildman–Crippen MR) is 51.5 cm³/mol. The lowest BCUT2D eigenvalue weighted by Gasteiger charge is -2.05. The molecule has 0 aliphatic heterocycles. The van der Waals surface area contributed by atoms with Gasteiger partial charge in [0.2, 0.25) is 0 Å². The van der Waals surface area contributed by atoms with Crippen LogP contribution in [0.15, 0.2) is 18.2 Å². The molecule has 0 radical (unpaired) electrons. The van der Waals surface area contributed by atoms with E-state index in [2.05, 4.69) is 0 Å². The number of ether oxygens (including phenoxy) is 1. The molecule has 14 heavy (non-hydrogen) atoms. The highest BCUT2D eigenvalue weighted by atomic mass is 19.1. The van der Waals surface area contributed by atoms with Crippen molar-refractivity contribution in [2.24, 2.45) is 0 Å². The highest BCUT2D eigenvalue weighted by molar-refractivity contribution is 5.73. The van der Waals surface area contributed by atoms with E-state index in [1.807, 2.05) is 0 Å². The molecule has 0 bridgehead atoms. The van der Waals surface area contributed by atoms with E-state index in [1.54, 1.807) is 19.9 Å². The Kier molecular flexibility index (Phi) is 3.63. The molecule has 0 atom stereocenters. The number of rotatable bonds is 3. The van der Waals surface area contributed by atoms with Gasteiger partial charge in [-0.25, -0.2) is 4.39 Å². The SMILES string of the molecule is CCOC(=O)Cc1ccc(F)cc1C. The molecule has 76 valence electrons. The fraction of sp³-hybridized carbons (Fsp3) is 0.364. The highest BCUT2D eigenvalue weighted by Gasteiger charge is 2.06. The van der Waals surface area contributed by atoms with Gasteiger partial charge in [0.05, 0.1) is 13.0 Å². The summed E-state index contributed by atoms with van der Waals surface area (Å²) in [6.07, 6.45) is 0.208. The maximum Gasteiger partial charge on any atom is 0.310 e. The van der Waals surface area contributed by atoms with Crippen molar-refractivity contribution in [3.05, 3.63) is 35.1 Å². The van der Waals surface area contributed by atoms with Gasteiger partial charge in [-0.1, -0.05) is 6.07 Å². The highest BCUT2D eigenvalue weighted by Crippen LogP contribution is 2.11. The van der Waals surface area contributed by atoms with Crippen LogP contribution in [-0.2, 0) is 16.0 Å². The second-order valence-corrected chi connectivity index (χ2v) is 3.05. The van der Waals surface area contributed by atoms with Crippen LogP contribution in [0.5, 0.6) is 0 Å². The summed E-state index contributed by atoms with van der Waals surface area (Å²) in [5.74, 6) is -0.558. The summed E-state index contributed by atoms with van der Waals surface area (Å²) < 4.78 is 17.5. The van der Waals surface area contributed by atoms with Gasteiger partial charge in [-0.2, -0.15) is 0 Å². The molecule has 0 saturated heterocycles. The predicted octanol–water partition coefficient (Wildman–Crippen LogP) is 2.24. The first-order valence-electron chi connectivity index (χ1n) is 4.54. The van der Waals surface area contributed by atoms with Crippen molar-refractivity contribution in [2.45, 2.75) is 20.3 Å². The number of esters is 1. The molecule has 0 spiro atoms. The van der Waals surface area contributed by atoms with Crippen LogP contribution in [0.4, 0.5) is 4.39 Å². The van der Waals surface area contributed by atoms with Crippen molar-refractivity contribution in [3.63, 3.8) is 0 Å². The minimum Gasteiger partial charge on any atom is -0.466 e. The fourth-order valence-corrected chi connectivity index (χ4v) is 1.23. The van der Waals surface area contributed by atoms with Gasteiger partial charge in [0.25, 0.3) is 0 Å². The second kappa shape index (κ2) is 4.74. The number of halogens is 1. The van der Waals surface area contributed by atoms with Crippen molar-refractivity contribution >= 4 is 5.97 Å². The van der Waals surface area contributed by atoms with Crippen LogP contribution in [0.3, 0.4) is 0 Å². The zero-order chi connectivity index (χ0) is 10.6. The smallest absolute Gasteiger partial charge is 0.310 e. The van der Waals surface area contributed by atoms with Crippen molar-refractivity contribution in [2.75, 3.05) is 6.61 Å². The van der Waals surface area contributed by atoms with Crippen LogP contribution < -0.4 is 0 Å². The summed E-state index contributed by atoms with van der Waals surface area (Å²) in [5, 5.41) is 0. The Hall–Kier alpha value is -1.38. The van der Waals surface area contributed by atoms with E-state index >= 15 is 0 Å². The summed E-state index contributed by atoms with van der Waals surface area (Å²) in [6.45, 7) is 3.91. The van der Waals surface area contributed by atoms with E-state index in [0.717, 1.165) is 11.1 Å². The van der Waals surface area contributed by atoms with Crippen LogP contribution in [-0.4, -0.2) is 12.6 Å². The fourth-order valence-electron chi connectivity index (χ4n) is 1.23. The zero-order valence-corrected chi connectivity index (χ0v) is 8.34. The number of benzene rings is 1. The van der Waals surface area contributed by atoms with Crippen molar-refractivity contribution < 1.29 is 13.9 Å². The molecule has 0 N–H and O–H groups in total. The summed E-state index contributed by atoms with van der Waals surface area (Å²) in [6, 6.07) is 4.37. The molecule has 0 amide bonds. The molecule has 1 aromatic rings. The quantitative estimate of drug-likeness (QED) is 0.693. The first-order valence-corrected chi connectivity index (χ1v) is 4.54. The van der Waals surface area contributed by atoms with Crippen molar-refractivity contribution in [1.82, 2.24) is 0 Å². The average Bonchev–Trinajstić information content (AvgIpc) is 2.10. The standard InChI is InChI=1S/C11H13FO2/c1-3-14-11(13)7-9-4-5-10(12)6-8(9)2/h4-6H,3,7H2,1-2H3. The molecule has 2 nitrogen and oxygen atoms in total. The Morgan fingerprint density at radius 1 is 1.50 bits per heavy atom. The maximum absolute atomic E-state index is 12.7. The van der Waals surface area contributed by atoms with E-state index in [9.17, 15) is 9.18 Å². The van der Waals surface area contributed by atoms with E-state index in [4.69, 9.17) is 4.74 Å². The molecule has 1 aromatic carbocycles. The third kappa shape index (κ3) is 2.83. The van der Waals surface area contributed by atoms with Gasteiger partial charge in [-0.3, -0.25) is 4.79 Å². The molecule has 0 saturated carbocycles. The summed E-state index contributed by atoms with van der Waals surface area (Å²) in [7, 11) is 0. The van der Waals surface area contributed by atoms with Gasteiger partial charge in [0, 0.05) is 0 Å². The largest absolute Gasteiger partial charge is 0.466 e. The van der Waals surface area contributed by atoms with Crippen LogP contribution >= 0.6 is 0 Å². The molecule has 0 fully saturated rings. The van der Waals surface area contributed by atoms with E-state index < -0.39 is 0 Å². The lowest BCUT2D eigenvalue weighted by molar-refractivity contribution is -0.142. The lowest BCUT2D eigenvalue weighted by atomic mass is 10.1. The first-order chi connectivity index (χ1) is 6.63. The van der Waals surface area contributed by atoms with Crippen LogP contribution in [0, 0.1) is 12.7 Å². The normalized spacial score (nSPS) is 9.93. The molecule has 0 unspecified atom stereocenters. The Balaban J connectivity index is 2.72. The molecule has 3 heteroatoms. The minimum absolute atomic E-state index is 0.208. The first kappa shape index (κ1) is 10.7. The van der Waals surface area contributed by atoms with Crippen LogP contribution in [0.2, 0.25) is 0 Å². The number of hydrogen-bond donors (Lipinski definition) is 0. The Morgan fingerprint density at radius 3 is 2.79 bits per heavy atom. The molecule has 0 aliphatic rings. The van der Waals surface area contributed by atoms with E-state index in [1.165, 1.54) is 12.1 Å². The van der Waals surface area contributed by atoms with Gasteiger partial charge in [-0.05, 0) is 37.1 Å². The minimum atomic E-state index is -0.282. The topological polar surface area (TPSA) is 26.3 Å². The summed E-state index contributed by atoms with van der Waals surface area (Å²) >= 11 is 0. The number of hydrogen-bond acceptors (Lipinski definition) is 2. The van der Waals surface area contributed by atoms with Crippen molar-refractivity contribution in [3.8, 4) is 0 Å². The van der Waals surface area contributed by atoms with Gasteiger partial charge >= 0.3 is 5.97 Å². The van der Waals surface area contributed by atoms with Gasteiger partial charge in [0.1, 0.15) is 5.82 Å². The monoisotopic (exact) mass is 196 g/mol. The Bertz CT molecular complexity index is 334. The number of carbonyl (C=O) groups is 1. The molecule has 0 heterocycles. The third-order valence-corrected chi connectivity index (χ3v) is 1.94. The van der Waals surface area contributed by atoms with Crippen molar-refractivity contribution in [1.29, 1.82) is 0 Å². The summed E-state index contributed by atoms with van der Waals surface area (Å²) in [5.41, 5.74) is 1.59. The maximum atomic E-state index is 12.7. The average molecular weight is 196 g/mol. The lowest BCUT2D eigenvalue weighted by Crippen LogP contribution is -2.08. The van der Waals surface area contributed by atoms with Gasteiger partial charge in [-0.15, -0.1) is 0 Å². The van der Waals surface area contributed by atoms with E-state index in [-0.39, 0.29) is 18.2 Å². The Morgan fingerprint density at radius 2 is 2.21 bits per heavy atom. The number of aryl methyl sites for hydroxylation is 1. The second-order valence-electron chi connectivity index (χ2n) is 3.05. The molecular weight excluding hydrogens is 183 g/mol. The zero-order valence-electron chi connectivity index (χ0n) is 8.34. The van der Waals surface area contributed by atoms with Crippen LogP contribution in [0.1, 0.15) is 18.1 Å². The molecule has 0 aromatic heterocycles. The van der Waals surface area contributed by atoms with Gasteiger partial charge < -0.3 is 4.74 Å². The summed E-state index contributed by atoms with van der Waals surface area (Å²) in [4.78, 5) is 11.1. The number of carbonyl (C=O) groups excluding carboxylic acids is 1.